The van der Waals surface area contributed by atoms with Gasteiger partial charge in [0.1, 0.15) is 10.8 Å². The molecule has 3 nitrogen and oxygen atoms in total. The van der Waals surface area contributed by atoms with Gasteiger partial charge in [-0.15, -0.1) is 0 Å². The van der Waals surface area contributed by atoms with Crippen LogP contribution in [-0.4, -0.2) is 4.98 Å². The summed E-state index contributed by atoms with van der Waals surface area (Å²) in [4.78, 5) is 4.01. The average Bonchev–Trinajstić information content (AvgIpc) is 2.39. The summed E-state index contributed by atoms with van der Waals surface area (Å²) >= 11 is 17.7. The molecular formula is C14H9Cl3N2O. The highest BCUT2D eigenvalue weighted by Crippen LogP contribution is 2.35. The zero-order chi connectivity index (χ0) is 14.9. The summed E-state index contributed by atoms with van der Waals surface area (Å²) in [6, 6.07) is 7.03. The van der Waals surface area contributed by atoms with Crippen LogP contribution in [0.3, 0.4) is 0 Å². The molecule has 0 atom stereocenters. The fraction of sp³-hybridized carbons (Fsp3) is 0.143. The van der Waals surface area contributed by atoms with E-state index < -0.39 is 0 Å². The van der Waals surface area contributed by atoms with Crippen LogP contribution in [0.2, 0.25) is 15.2 Å². The number of nitrogens with zero attached hydrogens (tertiary/aromatic N) is 2. The van der Waals surface area contributed by atoms with Crippen molar-refractivity contribution in [2.45, 2.75) is 13.8 Å². The molecule has 0 N–H and O–H groups in total. The molecule has 2 rings (SSSR count). The van der Waals surface area contributed by atoms with Gasteiger partial charge in [-0.2, -0.15) is 10.2 Å². The summed E-state index contributed by atoms with van der Waals surface area (Å²) in [5.41, 5.74) is 2.19. The van der Waals surface area contributed by atoms with Gasteiger partial charge in [-0.3, -0.25) is 0 Å². The van der Waals surface area contributed by atoms with Gasteiger partial charge in [0, 0.05) is 0 Å². The topological polar surface area (TPSA) is 45.9 Å². The van der Waals surface area contributed by atoms with Gasteiger partial charge >= 0.3 is 0 Å². The van der Waals surface area contributed by atoms with Gasteiger partial charge in [0.2, 0.25) is 5.88 Å². The highest BCUT2D eigenvalue weighted by molar-refractivity contribution is 6.42. The van der Waals surface area contributed by atoms with E-state index in [4.69, 9.17) is 44.8 Å². The number of nitriles is 1. The number of ether oxygens (including phenoxy) is 1. The number of pyridine rings is 1. The first kappa shape index (κ1) is 14.9. The van der Waals surface area contributed by atoms with E-state index in [1.54, 1.807) is 12.1 Å². The highest BCUT2D eigenvalue weighted by atomic mass is 35.5. The predicted molar refractivity (Wildman–Crippen MR) is 80.0 cm³/mol. The van der Waals surface area contributed by atoms with Crippen molar-refractivity contribution in [2.24, 2.45) is 0 Å². The monoisotopic (exact) mass is 326 g/mol. The average molecular weight is 328 g/mol. The SMILES string of the molecule is Cc1cc(C#N)cc(C)c1Oc1nc(Cl)c(Cl)cc1Cl. The minimum Gasteiger partial charge on any atom is -0.437 e. The van der Waals surface area contributed by atoms with Crippen LogP contribution in [0.5, 0.6) is 11.6 Å². The predicted octanol–water partition coefficient (Wildman–Crippen LogP) is 5.32. The van der Waals surface area contributed by atoms with Crippen molar-refractivity contribution in [3.8, 4) is 17.7 Å². The number of rotatable bonds is 2. The Balaban J connectivity index is 2.46. The van der Waals surface area contributed by atoms with Crippen molar-refractivity contribution < 1.29 is 4.74 Å². The summed E-state index contributed by atoms with van der Waals surface area (Å²) in [7, 11) is 0. The Morgan fingerprint density at radius 1 is 1.05 bits per heavy atom. The second-order valence-corrected chi connectivity index (χ2v) is 5.37. The van der Waals surface area contributed by atoms with E-state index >= 15 is 0 Å². The fourth-order valence-electron chi connectivity index (χ4n) is 1.77. The van der Waals surface area contributed by atoms with Crippen molar-refractivity contribution >= 4 is 34.8 Å². The molecule has 0 radical (unpaired) electrons. The molecule has 102 valence electrons. The second kappa shape index (κ2) is 5.88. The van der Waals surface area contributed by atoms with E-state index in [2.05, 4.69) is 11.1 Å². The molecule has 0 fully saturated rings. The number of halogens is 3. The van der Waals surface area contributed by atoms with Crippen LogP contribution in [0, 0.1) is 25.2 Å². The van der Waals surface area contributed by atoms with Gasteiger partial charge in [0.05, 0.1) is 16.7 Å². The lowest BCUT2D eigenvalue weighted by Crippen LogP contribution is -1.95. The van der Waals surface area contributed by atoms with E-state index in [-0.39, 0.29) is 21.1 Å². The summed E-state index contributed by atoms with van der Waals surface area (Å²) in [6.07, 6.45) is 0. The van der Waals surface area contributed by atoms with Crippen LogP contribution < -0.4 is 4.74 Å². The lowest BCUT2D eigenvalue weighted by atomic mass is 10.1. The standard InChI is InChI=1S/C14H9Cl3N2O/c1-7-3-9(6-18)4-8(2)12(7)20-14-11(16)5-10(15)13(17)19-14/h3-5H,1-2H3. The Bertz CT molecular complexity index is 700. The zero-order valence-corrected chi connectivity index (χ0v) is 12.9. The lowest BCUT2D eigenvalue weighted by Gasteiger charge is -2.13. The van der Waals surface area contributed by atoms with Gasteiger partial charge < -0.3 is 4.74 Å². The molecule has 0 aliphatic rings. The third-order valence-electron chi connectivity index (χ3n) is 2.64. The van der Waals surface area contributed by atoms with E-state index in [9.17, 15) is 0 Å². The van der Waals surface area contributed by atoms with Crippen LogP contribution in [0.15, 0.2) is 18.2 Å². The molecule has 0 aliphatic heterocycles. The molecule has 20 heavy (non-hydrogen) atoms. The molecule has 0 saturated heterocycles. The lowest BCUT2D eigenvalue weighted by molar-refractivity contribution is 0.456. The van der Waals surface area contributed by atoms with Crippen LogP contribution in [0.1, 0.15) is 16.7 Å². The molecule has 0 saturated carbocycles. The minimum absolute atomic E-state index is 0.120. The van der Waals surface area contributed by atoms with Crippen molar-refractivity contribution in [2.75, 3.05) is 0 Å². The maximum Gasteiger partial charge on any atom is 0.239 e. The Morgan fingerprint density at radius 2 is 1.65 bits per heavy atom. The number of aryl methyl sites for hydroxylation is 2. The molecular weight excluding hydrogens is 319 g/mol. The molecule has 6 heteroatoms. The van der Waals surface area contributed by atoms with E-state index in [1.807, 2.05) is 13.8 Å². The molecule has 0 spiro atoms. The van der Waals surface area contributed by atoms with Gasteiger partial charge in [-0.1, -0.05) is 34.8 Å². The highest BCUT2D eigenvalue weighted by Gasteiger charge is 2.13. The molecule has 0 unspecified atom stereocenters. The Morgan fingerprint density at radius 3 is 2.20 bits per heavy atom. The van der Waals surface area contributed by atoms with Crippen LogP contribution in [0.25, 0.3) is 0 Å². The largest absolute Gasteiger partial charge is 0.437 e. The number of hydrogen-bond acceptors (Lipinski definition) is 3. The molecule has 0 aliphatic carbocycles. The molecule has 1 heterocycles. The Kier molecular flexibility index (Phi) is 4.39. The van der Waals surface area contributed by atoms with Crippen molar-refractivity contribution in [3.63, 3.8) is 0 Å². The molecule has 0 amide bonds. The third-order valence-corrected chi connectivity index (χ3v) is 3.59. The minimum atomic E-state index is 0.120. The summed E-state index contributed by atoms with van der Waals surface area (Å²) in [5.74, 6) is 0.772. The van der Waals surface area contributed by atoms with Crippen LogP contribution in [0.4, 0.5) is 0 Å². The number of hydrogen-bond donors (Lipinski definition) is 0. The summed E-state index contributed by atoms with van der Waals surface area (Å²) < 4.78 is 5.71. The first-order valence-corrected chi connectivity index (χ1v) is 6.76. The zero-order valence-electron chi connectivity index (χ0n) is 10.7. The van der Waals surface area contributed by atoms with Crippen molar-refractivity contribution in [3.05, 3.63) is 50.1 Å². The molecule has 2 aromatic rings. The van der Waals surface area contributed by atoms with Crippen LogP contribution >= 0.6 is 34.8 Å². The van der Waals surface area contributed by atoms with Crippen molar-refractivity contribution in [1.29, 1.82) is 5.26 Å². The molecule has 1 aromatic carbocycles. The van der Waals surface area contributed by atoms with Gasteiger partial charge in [0.25, 0.3) is 0 Å². The molecule has 1 aromatic heterocycles. The van der Waals surface area contributed by atoms with Crippen molar-refractivity contribution in [1.82, 2.24) is 4.98 Å². The third kappa shape index (κ3) is 2.99. The number of aromatic nitrogens is 1. The van der Waals surface area contributed by atoms with E-state index in [0.29, 0.717) is 11.3 Å². The smallest absolute Gasteiger partial charge is 0.239 e. The van der Waals surface area contributed by atoms with E-state index in [0.717, 1.165) is 11.1 Å². The normalized spacial score (nSPS) is 10.2. The summed E-state index contributed by atoms with van der Waals surface area (Å²) in [6.45, 7) is 3.68. The Hall–Kier alpha value is -1.47. The van der Waals surface area contributed by atoms with Gasteiger partial charge in [0.15, 0.2) is 5.15 Å². The van der Waals surface area contributed by atoms with Gasteiger partial charge in [-0.25, -0.2) is 0 Å². The second-order valence-electron chi connectivity index (χ2n) is 4.20. The maximum atomic E-state index is 8.92. The first-order valence-electron chi connectivity index (χ1n) is 5.63. The maximum absolute atomic E-state index is 8.92. The van der Waals surface area contributed by atoms with Gasteiger partial charge in [-0.05, 0) is 43.2 Å². The van der Waals surface area contributed by atoms with Crippen LogP contribution in [-0.2, 0) is 0 Å². The van der Waals surface area contributed by atoms with E-state index in [1.165, 1.54) is 6.07 Å². The summed E-state index contributed by atoms with van der Waals surface area (Å²) in [5, 5.41) is 9.57. The fourth-order valence-corrected chi connectivity index (χ4v) is 2.30. The molecule has 0 bridgehead atoms. The quantitative estimate of drug-likeness (QED) is 0.701. The Labute approximate surface area is 131 Å². The first-order chi connectivity index (χ1) is 9.42. The number of benzene rings is 1.